The van der Waals surface area contributed by atoms with Crippen molar-refractivity contribution in [2.45, 2.75) is 6.42 Å². The summed E-state index contributed by atoms with van der Waals surface area (Å²) in [5.41, 5.74) is 3.26. The maximum absolute atomic E-state index is 5.92. The molecule has 0 amide bonds. The van der Waals surface area contributed by atoms with E-state index in [2.05, 4.69) is 11.1 Å². The molecule has 0 saturated heterocycles. The summed E-state index contributed by atoms with van der Waals surface area (Å²) in [6.45, 7) is 0. The van der Waals surface area contributed by atoms with E-state index < -0.39 is 0 Å². The summed E-state index contributed by atoms with van der Waals surface area (Å²) in [6, 6.07) is 13.8. The Hall–Kier alpha value is -2.13. The Kier molecular flexibility index (Phi) is 3.76. The van der Waals surface area contributed by atoms with Crippen LogP contribution in [0.1, 0.15) is 11.3 Å². The molecular weight excluding hydrogens is 286 g/mol. The van der Waals surface area contributed by atoms with Crippen LogP contribution in [0.3, 0.4) is 0 Å². The number of rotatable bonds is 4. The van der Waals surface area contributed by atoms with Crippen molar-refractivity contribution >= 4 is 22.5 Å². The van der Waals surface area contributed by atoms with Gasteiger partial charge in [0.2, 0.25) is 0 Å². The molecule has 0 atom stereocenters. The van der Waals surface area contributed by atoms with E-state index in [4.69, 9.17) is 21.1 Å². The van der Waals surface area contributed by atoms with Gasteiger partial charge in [0.25, 0.3) is 0 Å². The third-order valence-corrected chi connectivity index (χ3v) is 3.77. The maximum atomic E-state index is 5.92. The minimum absolute atomic E-state index is 0.749. The average Bonchev–Trinajstić information content (AvgIpc) is 2.92. The van der Waals surface area contributed by atoms with Crippen molar-refractivity contribution in [2.24, 2.45) is 0 Å². The maximum Gasteiger partial charge on any atom is 0.143 e. The Morgan fingerprint density at radius 2 is 1.62 bits per heavy atom. The molecule has 108 valence electrons. The highest BCUT2D eigenvalue weighted by Gasteiger charge is 2.11. The molecule has 4 heteroatoms. The molecule has 0 unspecified atom stereocenters. The summed E-state index contributed by atoms with van der Waals surface area (Å²) in [6.07, 6.45) is 0.804. The number of fused-ring (bicyclic) bond motifs is 1. The van der Waals surface area contributed by atoms with Crippen molar-refractivity contribution < 1.29 is 9.47 Å². The molecule has 0 aliphatic rings. The molecule has 0 radical (unpaired) electrons. The lowest BCUT2D eigenvalue weighted by Gasteiger charge is -2.05. The van der Waals surface area contributed by atoms with Crippen LogP contribution in [0.4, 0.5) is 0 Å². The zero-order valence-electron chi connectivity index (χ0n) is 11.9. The Balaban J connectivity index is 2.01. The van der Waals surface area contributed by atoms with Crippen LogP contribution in [-0.2, 0) is 6.42 Å². The van der Waals surface area contributed by atoms with E-state index in [1.54, 1.807) is 14.2 Å². The average molecular weight is 302 g/mol. The number of aromatic nitrogens is 1. The highest BCUT2D eigenvalue weighted by molar-refractivity contribution is 6.30. The van der Waals surface area contributed by atoms with Gasteiger partial charge in [-0.2, -0.15) is 0 Å². The summed E-state index contributed by atoms with van der Waals surface area (Å²) in [4.78, 5) is 3.41. The lowest BCUT2D eigenvalue weighted by molar-refractivity contribution is 0.410. The lowest BCUT2D eigenvalue weighted by Crippen LogP contribution is -1.88. The second kappa shape index (κ2) is 5.70. The zero-order chi connectivity index (χ0) is 14.8. The lowest BCUT2D eigenvalue weighted by atomic mass is 10.1. The minimum Gasteiger partial charge on any atom is -0.496 e. The van der Waals surface area contributed by atoms with Crippen LogP contribution >= 0.6 is 11.6 Å². The fourth-order valence-electron chi connectivity index (χ4n) is 2.49. The van der Waals surface area contributed by atoms with Gasteiger partial charge in [-0.3, -0.25) is 0 Å². The van der Waals surface area contributed by atoms with Crippen molar-refractivity contribution in [1.82, 2.24) is 4.98 Å². The van der Waals surface area contributed by atoms with E-state index in [-0.39, 0.29) is 0 Å². The van der Waals surface area contributed by atoms with Crippen molar-refractivity contribution in [3.05, 3.63) is 58.7 Å². The number of aromatic amines is 1. The quantitative estimate of drug-likeness (QED) is 0.773. The largest absolute Gasteiger partial charge is 0.496 e. The predicted octanol–water partition coefficient (Wildman–Crippen LogP) is 4.43. The standard InChI is InChI=1S/C17H16ClNO2/c1-20-15-7-8-16(21-2)17-14(15)10-13(19-17)9-11-3-5-12(18)6-4-11/h3-8,10,19H,9H2,1-2H3. The van der Waals surface area contributed by atoms with Crippen LogP contribution < -0.4 is 9.47 Å². The van der Waals surface area contributed by atoms with E-state index in [9.17, 15) is 0 Å². The molecule has 1 aromatic heterocycles. The summed E-state index contributed by atoms with van der Waals surface area (Å²) in [5.74, 6) is 1.65. The number of ether oxygens (including phenoxy) is 2. The highest BCUT2D eigenvalue weighted by atomic mass is 35.5. The first-order valence-electron chi connectivity index (χ1n) is 6.68. The third kappa shape index (κ3) is 2.69. The SMILES string of the molecule is COc1ccc(OC)c2[nH]c(Cc3ccc(Cl)cc3)cc12. The van der Waals surface area contributed by atoms with Crippen LogP contribution in [0.2, 0.25) is 5.02 Å². The van der Waals surface area contributed by atoms with Gasteiger partial charge in [-0.25, -0.2) is 0 Å². The van der Waals surface area contributed by atoms with E-state index in [0.717, 1.165) is 39.5 Å². The molecule has 0 saturated carbocycles. The summed E-state index contributed by atoms with van der Waals surface area (Å²) >= 11 is 5.92. The third-order valence-electron chi connectivity index (χ3n) is 3.52. The Morgan fingerprint density at radius 1 is 0.952 bits per heavy atom. The predicted molar refractivity (Wildman–Crippen MR) is 85.7 cm³/mol. The van der Waals surface area contributed by atoms with Crippen LogP contribution in [0, 0.1) is 0 Å². The Bertz CT molecular complexity index is 721. The fraction of sp³-hybridized carbons (Fsp3) is 0.176. The molecule has 3 rings (SSSR count). The van der Waals surface area contributed by atoms with Gasteiger partial charge >= 0.3 is 0 Å². The van der Waals surface area contributed by atoms with Crippen LogP contribution in [0.5, 0.6) is 11.5 Å². The zero-order valence-corrected chi connectivity index (χ0v) is 12.7. The topological polar surface area (TPSA) is 34.2 Å². The van der Waals surface area contributed by atoms with Crippen molar-refractivity contribution in [3.8, 4) is 11.5 Å². The van der Waals surface area contributed by atoms with E-state index in [0.29, 0.717) is 0 Å². The van der Waals surface area contributed by atoms with Gasteiger partial charge in [-0.15, -0.1) is 0 Å². The molecule has 2 aromatic carbocycles. The van der Waals surface area contributed by atoms with Crippen LogP contribution in [0.15, 0.2) is 42.5 Å². The monoisotopic (exact) mass is 301 g/mol. The molecular formula is C17H16ClNO2. The molecule has 1 heterocycles. The number of hydrogen-bond acceptors (Lipinski definition) is 2. The molecule has 1 N–H and O–H groups in total. The highest BCUT2D eigenvalue weighted by Crippen LogP contribution is 2.33. The molecule has 3 aromatic rings. The number of halogens is 1. The first-order chi connectivity index (χ1) is 10.2. The van der Waals surface area contributed by atoms with Crippen molar-refractivity contribution in [3.63, 3.8) is 0 Å². The van der Waals surface area contributed by atoms with E-state index in [1.165, 1.54) is 5.56 Å². The first-order valence-corrected chi connectivity index (χ1v) is 7.06. The van der Waals surface area contributed by atoms with Gasteiger partial charge < -0.3 is 14.5 Å². The Labute approximate surface area is 128 Å². The summed E-state index contributed by atoms with van der Waals surface area (Å²) < 4.78 is 10.8. The van der Waals surface area contributed by atoms with Crippen molar-refractivity contribution in [1.29, 1.82) is 0 Å². The van der Waals surface area contributed by atoms with Gasteiger partial charge in [0.1, 0.15) is 11.5 Å². The van der Waals surface area contributed by atoms with Gasteiger partial charge in [0, 0.05) is 22.5 Å². The first kappa shape index (κ1) is 13.8. The molecule has 21 heavy (non-hydrogen) atoms. The van der Waals surface area contributed by atoms with Crippen LogP contribution in [0.25, 0.3) is 10.9 Å². The second-order valence-electron chi connectivity index (χ2n) is 4.86. The molecule has 0 bridgehead atoms. The van der Waals surface area contributed by atoms with Gasteiger partial charge in [0.05, 0.1) is 19.7 Å². The molecule has 0 aliphatic carbocycles. The number of hydrogen-bond donors (Lipinski definition) is 1. The Morgan fingerprint density at radius 3 is 2.29 bits per heavy atom. The number of benzene rings is 2. The van der Waals surface area contributed by atoms with Gasteiger partial charge in [-0.05, 0) is 35.9 Å². The number of H-pyrrole nitrogens is 1. The normalized spacial score (nSPS) is 10.8. The number of methoxy groups -OCH3 is 2. The second-order valence-corrected chi connectivity index (χ2v) is 5.29. The molecule has 3 nitrogen and oxygen atoms in total. The van der Waals surface area contributed by atoms with E-state index in [1.807, 2.05) is 36.4 Å². The molecule has 0 aliphatic heterocycles. The van der Waals surface area contributed by atoms with Gasteiger partial charge in [0.15, 0.2) is 0 Å². The van der Waals surface area contributed by atoms with Gasteiger partial charge in [-0.1, -0.05) is 23.7 Å². The molecule has 0 spiro atoms. The van der Waals surface area contributed by atoms with Crippen molar-refractivity contribution in [2.75, 3.05) is 14.2 Å². The summed E-state index contributed by atoms with van der Waals surface area (Å²) in [7, 11) is 3.34. The number of nitrogens with one attached hydrogen (secondary N) is 1. The molecule has 0 fully saturated rings. The summed E-state index contributed by atoms with van der Waals surface area (Å²) in [5, 5.41) is 1.78. The van der Waals surface area contributed by atoms with Crippen LogP contribution in [-0.4, -0.2) is 19.2 Å². The fourth-order valence-corrected chi connectivity index (χ4v) is 2.62. The smallest absolute Gasteiger partial charge is 0.143 e. The van der Waals surface area contributed by atoms with E-state index >= 15 is 0 Å². The minimum atomic E-state index is 0.749.